The first-order valence-electron chi connectivity index (χ1n) is 9.34. The van der Waals surface area contributed by atoms with E-state index < -0.39 is 11.7 Å². The number of alkyl halides is 3. The molecule has 0 unspecified atom stereocenters. The van der Waals surface area contributed by atoms with E-state index in [9.17, 15) is 18.0 Å². The average Bonchev–Trinajstić information content (AvgIpc) is 3.10. The molecule has 0 aliphatic rings. The van der Waals surface area contributed by atoms with Crippen molar-refractivity contribution in [1.29, 1.82) is 0 Å². The Hall–Kier alpha value is -2.81. The summed E-state index contributed by atoms with van der Waals surface area (Å²) in [4.78, 5) is 12.3. The molecule has 0 aliphatic heterocycles. The molecule has 1 amide bonds. The minimum absolute atomic E-state index is 0.0202. The van der Waals surface area contributed by atoms with E-state index in [0.29, 0.717) is 16.9 Å². The normalized spacial score (nSPS) is 11.5. The lowest BCUT2D eigenvalue weighted by Crippen LogP contribution is -2.23. The van der Waals surface area contributed by atoms with Crippen molar-refractivity contribution in [2.75, 3.05) is 0 Å². The van der Waals surface area contributed by atoms with Gasteiger partial charge in [0.1, 0.15) is 5.82 Å². The monoisotopic (exact) mass is 434 g/mol. The molecule has 158 valence electrons. The van der Waals surface area contributed by atoms with Crippen LogP contribution in [-0.4, -0.2) is 20.7 Å². The van der Waals surface area contributed by atoms with Gasteiger partial charge in [0.25, 0.3) is 5.91 Å². The lowest BCUT2D eigenvalue weighted by Gasteiger charge is -2.10. The van der Waals surface area contributed by atoms with Crippen LogP contribution >= 0.6 is 11.8 Å². The number of thioether (sulfide) groups is 1. The lowest BCUT2D eigenvalue weighted by molar-refractivity contribution is -0.137. The SMILES string of the molecule is CCn1c(C)nnc1SCc1ccc(C(=O)NCc2cccc(C(F)(F)F)c2)cc1. The van der Waals surface area contributed by atoms with E-state index in [0.717, 1.165) is 35.2 Å². The van der Waals surface area contributed by atoms with Gasteiger partial charge < -0.3 is 9.88 Å². The number of aromatic nitrogens is 3. The van der Waals surface area contributed by atoms with E-state index >= 15 is 0 Å². The molecule has 0 atom stereocenters. The van der Waals surface area contributed by atoms with Crippen LogP contribution in [0.5, 0.6) is 0 Å². The maximum absolute atomic E-state index is 12.8. The van der Waals surface area contributed by atoms with Gasteiger partial charge in [0.05, 0.1) is 5.56 Å². The fraction of sp³-hybridized carbons (Fsp3) is 0.286. The number of nitrogens with zero attached hydrogens (tertiary/aromatic N) is 3. The van der Waals surface area contributed by atoms with Gasteiger partial charge in [0.15, 0.2) is 5.16 Å². The largest absolute Gasteiger partial charge is 0.416 e. The summed E-state index contributed by atoms with van der Waals surface area (Å²) in [6.07, 6.45) is -4.41. The summed E-state index contributed by atoms with van der Waals surface area (Å²) in [5.74, 6) is 1.21. The van der Waals surface area contributed by atoms with Gasteiger partial charge in [-0.1, -0.05) is 36.0 Å². The van der Waals surface area contributed by atoms with E-state index in [4.69, 9.17) is 0 Å². The third kappa shape index (κ3) is 5.41. The summed E-state index contributed by atoms with van der Waals surface area (Å²) in [6.45, 7) is 4.76. The zero-order chi connectivity index (χ0) is 21.7. The first-order valence-corrected chi connectivity index (χ1v) is 10.3. The number of aryl methyl sites for hydroxylation is 1. The van der Waals surface area contributed by atoms with Crippen molar-refractivity contribution in [2.45, 2.75) is 44.0 Å². The number of carbonyl (C=O) groups is 1. The van der Waals surface area contributed by atoms with Crippen LogP contribution in [0.3, 0.4) is 0 Å². The molecule has 0 aliphatic carbocycles. The number of hydrogen-bond donors (Lipinski definition) is 1. The van der Waals surface area contributed by atoms with E-state index in [-0.39, 0.29) is 12.5 Å². The van der Waals surface area contributed by atoms with Crippen molar-refractivity contribution in [3.8, 4) is 0 Å². The van der Waals surface area contributed by atoms with Gasteiger partial charge >= 0.3 is 6.18 Å². The highest BCUT2D eigenvalue weighted by Gasteiger charge is 2.30. The summed E-state index contributed by atoms with van der Waals surface area (Å²) >= 11 is 1.57. The molecule has 1 aromatic heterocycles. The number of carbonyl (C=O) groups excluding carboxylic acids is 1. The summed E-state index contributed by atoms with van der Waals surface area (Å²) < 4.78 is 40.4. The van der Waals surface area contributed by atoms with E-state index in [2.05, 4.69) is 15.5 Å². The summed E-state index contributed by atoms with van der Waals surface area (Å²) in [7, 11) is 0. The number of rotatable bonds is 7. The Morgan fingerprint density at radius 3 is 2.50 bits per heavy atom. The summed E-state index contributed by atoms with van der Waals surface area (Å²) in [6, 6.07) is 12.0. The quantitative estimate of drug-likeness (QED) is 0.540. The molecule has 1 heterocycles. The fourth-order valence-electron chi connectivity index (χ4n) is 2.87. The Labute approximate surface area is 176 Å². The molecule has 1 N–H and O–H groups in total. The molecular formula is C21H21F3N4OS. The Kier molecular flexibility index (Phi) is 6.81. The number of halogens is 3. The minimum Gasteiger partial charge on any atom is -0.348 e. The van der Waals surface area contributed by atoms with Crippen LogP contribution in [0.25, 0.3) is 0 Å². The smallest absolute Gasteiger partial charge is 0.348 e. The predicted molar refractivity (Wildman–Crippen MR) is 109 cm³/mol. The molecule has 3 rings (SSSR count). The standard InChI is InChI=1S/C21H21F3N4OS/c1-3-28-14(2)26-27-20(28)30-13-15-7-9-17(10-8-15)19(29)25-12-16-5-4-6-18(11-16)21(22,23)24/h4-11H,3,12-13H2,1-2H3,(H,25,29). The molecule has 9 heteroatoms. The molecule has 30 heavy (non-hydrogen) atoms. The number of benzene rings is 2. The van der Waals surface area contributed by atoms with Crippen molar-refractivity contribution in [3.05, 3.63) is 76.6 Å². The van der Waals surface area contributed by atoms with Gasteiger partial charge in [-0.15, -0.1) is 10.2 Å². The molecule has 0 fully saturated rings. The van der Waals surface area contributed by atoms with Gasteiger partial charge in [-0.3, -0.25) is 4.79 Å². The van der Waals surface area contributed by atoms with Crippen LogP contribution in [0, 0.1) is 6.92 Å². The molecule has 5 nitrogen and oxygen atoms in total. The van der Waals surface area contributed by atoms with Crippen molar-refractivity contribution >= 4 is 17.7 Å². The van der Waals surface area contributed by atoms with E-state index in [1.165, 1.54) is 6.07 Å². The molecule has 0 radical (unpaired) electrons. The van der Waals surface area contributed by atoms with Crippen molar-refractivity contribution in [3.63, 3.8) is 0 Å². The molecular weight excluding hydrogens is 413 g/mol. The molecule has 2 aromatic carbocycles. The van der Waals surface area contributed by atoms with E-state index in [1.54, 1.807) is 30.0 Å². The predicted octanol–water partition coefficient (Wildman–Crippen LogP) is 4.85. The highest BCUT2D eigenvalue weighted by Crippen LogP contribution is 2.29. The van der Waals surface area contributed by atoms with Crippen LogP contribution in [0.15, 0.2) is 53.7 Å². The Morgan fingerprint density at radius 1 is 1.10 bits per heavy atom. The third-order valence-corrected chi connectivity index (χ3v) is 5.55. The second-order valence-corrected chi connectivity index (χ2v) is 7.58. The molecule has 0 spiro atoms. The molecule has 0 saturated carbocycles. The van der Waals surface area contributed by atoms with Crippen LogP contribution in [0.2, 0.25) is 0 Å². The first-order chi connectivity index (χ1) is 14.3. The maximum atomic E-state index is 12.8. The number of amides is 1. The Bertz CT molecular complexity index is 1020. The second kappa shape index (κ2) is 9.34. The van der Waals surface area contributed by atoms with Gasteiger partial charge in [-0.25, -0.2) is 0 Å². The number of hydrogen-bond acceptors (Lipinski definition) is 4. The van der Waals surface area contributed by atoms with Gasteiger partial charge in [0, 0.05) is 24.4 Å². The second-order valence-electron chi connectivity index (χ2n) is 6.64. The molecule has 0 bridgehead atoms. The lowest BCUT2D eigenvalue weighted by atomic mass is 10.1. The van der Waals surface area contributed by atoms with E-state index in [1.807, 2.05) is 30.5 Å². The van der Waals surface area contributed by atoms with Gasteiger partial charge in [-0.05, 0) is 49.2 Å². The van der Waals surface area contributed by atoms with Crippen molar-refractivity contribution in [2.24, 2.45) is 0 Å². The zero-order valence-electron chi connectivity index (χ0n) is 16.5. The van der Waals surface area contributed by atoms with Crippen LogP contribution in [-0.2, 0) is 25.0 Å². The number of nitrogens with one attached hydrogen (secondary N) is 1. The third-order valence-electron chi connectivity index (χ3n) is 4.51. The Morgan fingerprint density at radius 2 is 1.83 bits per heavy atom. The van der Waals surface area contributed by atoms with Gasteiger partial charge in [0.2, 0.25) is 0 Å². The maximum Gasteiger partial charge on any atom is 0.416 e. The summed E-state index contributed by atoms with van der Waals surface area (Å²) in [5.41, 5.74) is 1.13. The summed E-state index contributed by atoms with van der Waals surface area (Å²) in [5, 5.41) is 11.7. The highest BCUT2D eigenvalue weighted by molar-refractivity contribution is 7.98. The van der Waals surface area contributed by atoms with Gasteiger partial charge in [-0.2, -0.15) is 13.2 Å². The Balaban J connectivity index is 1.56. The first kappa shape index (κ1) is 21.9. The zero-order valence-corrected chi connectivity index (χ0v) is 17.3. The average molecular weight is 434 g/mol. The van der Waals surface area contributed by atoms with Crippen molar-refractivity contribution < 1.29 is 18.0 Å². The molecule has 3 aromatic rings. The van der Waals surface area contributed by atoms with Crippen LogP contribution in [0.1, 0.15) is 39.8 Å². The fourth-order valence-corrected chi connectivity index (χ4v) is 3.88. The minimum atomic E-state index is -4.41. The van der Waals surface area contributed by atoms with Crippen LogP contribution < -0.4 is 5.32 Å². The van der Waals surface area contributed by atoms with Crippen molar-refractivity contribution in [1.82, 2.24) is 20.1 Å². The highest BCUT2D eigenvalue weighted by atomic mass is 32.2. The molecule has 0 saturated heterocycles. The topological polar surface area (TPSA) is 59.8 Å². The van der Waals surface area contributed by atoms with Crippen LogP contribution in [0.4, 0.5) is 13.2 Å².